The molecular formula is C8H5Cl2NO4. The first-order chi connectivity index (χ1) is 6.99. The minimum Gasteiger partial charge on any atom is -0.496 e. The van der Waals surface area contributed by atoms with Crippen molar-refractivity contribution < 1.29 is 14.5 Å². The van der Waals surface area contributed by atoms with Gasteiger partial charge in [0.05, 0.1) is 12.0 Å². The number of halogens is 2. The fourth-order valence-corrected chi connectivity index (χ4v) is 1.59. The summed E-state index contributed by atoms with van der Waals surface area (Å²) in [6.07, 6.45) is 0. The first kappa shape index (κ1) is 11.7. The zero-order chi connectivity index (χ0) is 11.6. The van der Waals surface area contributed by atoms with Crippen molar-refractivity contribution in [1.82, 2.24) is 0 Å². The third-order valence-electron chi connectivity index (χ3n) is 1.70. The molecule has 0 aliphatic carbocycles. The lowest BCUT2D eigenvalue weighted by molar-refractivity contribution is -0.384. The SMILES string of the molecule is COc1ccc([N+](=O)[O-])c(Cl)c1C(=O)Cl. The number of nitro groups is 1. The Kier molecular flexibility index (Phi) is 3.49. The van der Waals surface area contributed by atoms with Crippen LogP contribution in [0.15, 0.2) is 12.1 Å². The van der Waals surface area contributed by atoms with Crippen molar-refractivity contribution in [3.8, 4) is 5.75 Å². The Morgan fingerprint density at radius 1 is 1.53 bits per heavy atom. The smallest absolute Gasteiger partial charge is 0.288 e. The lowest BCUT2D eigenvalue weighted by atomic mass is 10.2. The number of benzene rings is 1. The molecule has 80 valence electrons. The number of rotatable bonds is 3. The first-order valence-corrected chi connectivity index (χ1v) is 4.45. The summed E-state index contributed by atoms with van der Waals surface area (Å²) in [6, 6.07) is 2.41. The van der Waals surface area contributed by atoms with E-state index in [1.807, 2.05) is 0 Å². The minimum absolute atomic E-state index is 0.102. The highest BCUT2D eigenvalue weighted by Crippen LogP contribution is 2.35. The van der Waals surface area contributed by atoms with E-state index in [0.717, 1.165) is 6.07 Å². The van der Waals surface area contributed by atoms with Gasteiger partial charge in [-0.2, -0.15) is 0 Å². The van der Waals surface area contributed by atoms with Gasteiger partial charge in [-0.25, -0.2) is 0 Å². The van der Waals surface area contributed by atoms with Crippen LogP contribution in [0.3, 0.4) is 0 Å². The molecule has 0 unspecified atom stereocenters. The molecule has 1 rings (SSSR count). The molecule has 0 amide bonds. The summed E-state index contributed by atoms with van der Waals surface area (Å²) in [4.78, 5) is 20.8. The largest absolute Gasteiger partial charge is 0.496 e. The van der Waals surface area contributed by atoms with Gasteiger partial charge < -0.3 is 4.74 Å². The number of nitro benzene ring substituents is 1. The summed E-state index contributed by atoms with van der Waals surface area (Å²) in [5.74, 6) is 0.102. The van der Waals surface area contributed by atoms with Gasteiger partial charge in [-0.15, -0.1) is 0 Å². The normalized spacial score (nSPS) is 9.80. The molecule has 0 atom stereocenters. The number of hydrogen-bond donors (Lipinski definition) is 0. The second-order valence-electron chi connectivity index (χ2n) is 2.51. The Balaban J connectivity index is 3.49. The van der Waals surface area contributed by atoms with Gasteiger partial charge in [-0.05, 0) is 17.7 Å². The zero-order valence-electron chi connectivity index (χ0n) is 7.49. The second-order valence-corrected chi connectivity index (χ2v) is 3.23. The highest BCUT2D eigenvalue weighted by Gasteiger charge is 2.23. The molecule has 0 aromatic heterocycles. The molecule has 0 N–H and O–H groups in total. The predicted octanol–water partition coefficient (Wildman–Crippen LogP) is 2.64. The van der Waals surface area contributed by atoms with Crippen LogP contribution in [0.25, 0.3) is 0 Å². The van der Waals surface area contributed by atoms with Crippen LogP contribution in [0.2, 0.25) is 5.02 Å². The van der Waals surface area contributed by atoms with E-state index < -0.39 is 10.2 Å². The van der Waals surface area contributed by atoms with Crippen molar-refractivity contribution in [1.29, 1.82) is 0 Å². The topological polar surface area (TPSA) is 69.4 Å². The lowest BCUT2D eigenvalue weighted by Gasteiger charge is -2.06. The lowest BCUT2D eigenvalue weighted by Crippen LogP contribution is -2.00. The summed E-state index contributed by atoms with van der Waals surface area (Å²) in [6.45, 7) is 0. The van der Waals surface area contributed by atoms with E-state index in [1.54, 1.807) is 0 Å². The van der Waals surface area contributed by atoms with Crippen LogP contribution in [-0.4, -0.2) is 17.3 Å². The van der Waals surface area contributed by atoms with Gasteiger partial charge in [0.1, 0.15) is 16.3 Å². The van der Waals surface area contributed by atoms with Crippen molar-refractivity contribution in [2.45, 2.75) is 0 Å². The number of methoxy groups -OCH3 is 1. The molecule has 0 heterocycles. The molecular weight excluding hydrogens is 245 g/mol. The molecule has 0 bridgehead atoms. The van der Waals surface area contributed by atoms with Gasteiger partial charge in [0.15, 0.2) is 0 Å². The number of ether oxygens (including phenoxy) is 1. The van der Waals surface area contributed by atoms with Gasteiger partial charge in [0, 0.05) is 6.07 Å². The summed E-state index contributed by atoms with van der Waals surface area (Å²) in [5.41, 5.74) is -0.587. The van der Waals surface area contributed by atoms with E-state index in [9.17, 15) is 14.9 Å². The molecule has 0 saturated heterocycles. The van der Waals surface area contributed by atoms with Gasteiger partial charge in [0.2, 0.25) is 0 Å². The van der Waals surface area contributed by atoms with Gasteiger partial charge in [-0.1, -0.05) is 11.6 Å². The van der Waals surface area contributed by atoms with Crippen molar-refractivity contribution in [3.05, 3.63) is 32.8 Å². The van der Waals surface area contributed by atoms with Crippen LogP contribution in [0.4, 0.5) is 5.69 Å². The highest BCUT2D eigenvalue weighted by molar-refractivity contribution is 6.69. The van der Waals surface area contributed by atoms with E-state index in [4.69, 9.17) is 27.9 Å². The first-order valence-electron chi connectivity index (χ1n) is 3.69. The average Bonchev–Trinajstić information content (AvgIpc) is 2.15. The van der Waals surface area contributed by atoms with Crippen molar-refractivity contribution in [3.63, 3.8) is 0 Å². The van der Waals surface area contributed by atoms with Crippen LogP contribution >= 0.6 is 23.2 Å². The second kappa shape index (κ2) is 4.46. The molecule has 5 nitrogen and oxygen atoms in total. The van der Waals surface area contributed by atoms with E-state index in [2.05, 4.69) is 0 Å². The Morgan fingerprint density at radius 3 is 2.53 bits per heavy atom. The number of carbonyl (C=O) groups excluding carboxylic acids is 1. The molecule has 0 aliphatic rings. The average molecular weight is 250 g/mol. The fraction of sp³-hybridized carbons (Fsp3) is 0.125. The van der Waals surface area contributed by atoms with Crippen molar-refractivity contribution >= 4 is 34.1 Å². The van der Waals surface area contributed by atoms with Crippen LogP contribution < -0.4 is 4.74 Å². The predicted molar refractivity (Wildman–Crippen MR) is 54.8 cm³/mol. The molecule has 1 aromatic carbocycles. The van der Waals surface area contributed by atoms with E-state index in [-0.39, 0.29) is 22.0 Å². The van der Waals surface area contributed by atoms with Crippen molar-refractivity contribution in [2.75, 3.05) is 7.11 Å². The van der Waals surface area contributed by atoms with Crippen LogP contribution in [-0.2, 0) is 0 Å². The van der Waals surface area contributed by atoms with E-state index in [0.29, 0.717) is 0 Å². The van der Waals surface area contributed by atoms with Gasteiger partial charge >= 0.3 is 0 Å². The monoisotopic (exact) mass is 249 g/mol. The third kappa shape index (κ3) is 2.19. The molecule has 0 fully saturated rings. The third-order valence-corrected chi connectivity index (χ3v) is 2.27. The maximum Gasteiger partial charge on any atom is 0.288 e. The summed E-state index contributed by atoms with van der Waals surface area (Å²) >= 11 is 10.9. The summed E-state index contributed by atoms with van der Waals surface area (Å²) < 4.78 is 4.81. The minimum atomic E-state index is -0.902. The number of carbonyl (C=O) groups is 1. The molecule has 1 aromatic rings. The van der Waals surface area contributed by atoms with Gasteiger partial charge in [-0.3, -0.25) is 14.9 Å². The maximum absolute atomic E-state index is 11.0. The fourth-order valence-electron chi connectivity index (χ4n) is 1.04. The molecule has 0 saturated carbocycles. The Hall–Kier alpha value is -1.33. The molecule has 7 heteroatoms. The quantitative estimate of drug-likeness (QED) is 0.469. The van der Waals surface area contributed by atoms with Crippen LogP contribution in [0.1, 0.15) is 10.4 Å². The van der Waals surface area contributed by atoms with Crippen LogP contribution in [0, 0.1) is 10.1 Å². The molecule has 0 radical (unpaired) electrons. The van der Waals surface area contributed by atoms with Crippen molar-refractivity contribution in [2.24, 2.45) is 0 Å². The Labute approximate surface area is 94.7 Å². The summed E-state index contributed by atoms with van der Waals surface area (Å²) in [7, 11) is 1.31. The Bertz CT molecular complexity index is 433. The number of hydrogen-bond acceptors (Lipinski definition) is 4. The highest BCUT2D eigenvalue weighted by atomic mass is 35.5. The Morgan fingerprint density at radius 2 is 2.13 bits per heavy atom. The molecule has 0 aliphatic heterocycles. The summed E-state index contributed by atoms with van der Waals surface area (Å²) in [5, 5.41) is 9.30. The van der Waals surface area contributed by atoms with Crippen LogP contribution in [0.5, 0.6) is 5.75 Å². The van der Waals surface area contributed by atoms with E-state index in [1.165, 1.54) is 13.2 Å². The molecule has 0 spiro atoms. The van der Waals surface area contributed by atoms with Gasteiger partial charge in [0.25, 0.3) is 10.9 Å². The maximum atomic E-state index is 11.0. The molecule has 15 heavy (non-hydrogen) atoms. The van der Waals surface area contributed by atoms with E-state index >= 15 is 0 Å². The number of nitrogens with zero attached hydrogens (tertiary/aromatic N) is 1. The standard InChI is InChI=1S/C8H5Cl2NO4/c1-15-5-3-2-4(11(13)14)7(9)6(5)8(10)12/h2-3H,1H3. The zero-order valence-corrected chi connectivity index (χ0v) is 9.00.